The van der Waals surface area contributed by atoms with Crippen molar-refractivity contribution >= 4 is 41.0 Å². The molecule has 1 amide bonds. The molecule has 0 saturated heterocycles. The predicted octanol–water partition coefficient (Wildman–Crippen LogP) is 0.854. The van der Waals surface area contributed by atoms with Crippen molar-refractivity contribution in [3.63, 3.8) is 0 Å². The van der Waals surface area contributed by atoms with Gasteiger partial charge in [0.2, 0.25) is 5.91 Å². The second kappa shape index (κ2) is 7.85. The number of carboxylic acids is 1. The van der Waals surface area contributed by atoms with Crippen LogP contribution in [0, 0.1) is 0 Å². The number of esters is 1. The molecule has 0 aliphatic carbocycles. The summed E-state index contributed by atoms with van der Waals surface area (Å²) in [6.07, 6.45) is -0.769. The number of rotatable bonds is 6. The summed E-state index contributed by atoms with van der Waals surface area (Å²) >= 11 is 11.8. The molecule has 0 spiro atoms. The standard InChI is InChI=1S/C13H13Cl2NO5/c1-21-13(20)12(16-10(17)4-5-11(18)19)8-3-2-7(14)6-9(8)15/h2-3,6,12H,4-5H2,1H3,(H,16,17)(H,18,19)/p-1/t12-/m1/s1. The van der Waals surface area contributed by atoms with Gasteiger partial charge in [-0.3, -0.25) is 4.79 Å². The summed E-state index contributed by atoms with van der Waals surface area (Å²) in [7, 11) is 1.16. The number of ether oxygens (including phenoxy) is 1. The van der Waals surface area contributed by atoms with Crippen molar-refractivity contribution in [3.05, 3.63) is 33.8 Å². The van der Waals surface area contributed by atoms with E-state index in [-0.39, 0.29) is 11.4 Å². The average molecular weight is 333 g/mol. The third-order valence-electron chi connectivity index (χ3n) is 2.57. The number of carboxylic acid groups (broad SMARTS) is 1. The largest absolute Gasteiger partial charge is 0.550 e. The molecule has 0 radical (unpaired) electrons. The molecule has 114 valence electrons. The van der Waals surface area contributed by atoms with Gasteiger partial charge in [-0.2, -0.15) is 0 Å². The van der Waals surface area contributed by atoms with Gasteiger partial charge in [0.15, 0.2) is 6.04 Å². The molecule has 0 fully saturated rings. The van der Waals surface area contributed by atoms with E-state index in [1.807, 2.05) is 0 Å². The summed E-state index contributed by atoms with van der Waals surface area (Å²) in [6, 6.07) is 3.26. The van der Waals surface area contributed by atoms with Crippen LogP contribution in [0.4, 0.5) is 0 Å². The smallest absolute Gasteiger partial charge is 0.333 e. The molecule has 0 saturated carbocycles. The zero-order valence-electron chi connectivity index (χ0n) is 11.0. The number of benzene rings is 1. The molecule has 8 heteroatoms. The van der Waals surface area contributed by atoms with Crippen LogP contribution in [-0.2, 0) is 19.1 Å². The van der Waals surface area contributed by atoms with Crippen LogP contribution in [0.2, 0.25) is 10.0 Å². The van der Waals surface area contributed by atoms with Crippen molar-refractivity contribution < 1.29 is 24.2 Å². The van der Waals surface area contributed by atoms with Gasteiger partial charge in [-0.15, -0.1) is 0 Å². The van der Waals surface area contributed by atoms with Gasteiger partial charge in [0.1, 0.15) is 0 Å². The van der Waals surface area contributed by atoms with Crippen LogP contribution in [0.15, 0.2) is 18.2 Å². The first-order valence-corrected chi connectivity index (χ1v) is 6.62. The lowest BCUT2D eigenvalue weighted by Gasteiger charge is -2.18. The van der Waals surface area contributed by atoms with Crippen molar-refractivity contribution in [2.75, 3.05) is 7.11 Å². The van der Waals surface area contributed by atoms with E-state index in [2.05, 4.69) is 10.1 Å². The summed E-state index contributed by atoms with van der Waals surface area (Å²) in [4.78, 5) is 33.7. The number of carbonyl (C=O) groups is 3. The van der Waals surface area contributed by atoms with Crippen LogP contribution in [0.1, 0.15) is 24.4 Å². The lowest BCUT2D eigenvalue weighted by Crippen LogP contribution is -2.35. The van der Waals surface area contributed by atoms with Gasteiger partial charge < -0.3 is 20.0 Å². The number of hydrogen-bond donors (Lipinski definition) is 1. The third-order valence-corrected chi connectivity index (χ3v) is 3.13. The van der Waals surface area contributed by atoms with Crippen LogP contribution < -0.4 is 10.4 Å². The highest BCUT2D eigenvalue weighted by molar-refractivity contribution is 6.35. The number of nitrogens with one attached hydrogen (secondary N) is 1. The van der Waals surface area contributed by atoms with E-state index in [0.29, 0.717) is 10.6 Å². The molecule has 0 aliphatic heterocycles. The molecule has 1 aromatic carbocycles. The van der Waals surface area contributed by atoms with Crippen molar-refractivity contribution in [1.29, 1.82) is 0 Å². The Bertz CT molecular complexity index is 561. The molecule has 1 aromatic rings. The first kappa shape index (κ1) is 17.3. The molecular formula is C13H12Cl2NO5-. The van der Waals surface area contributed by atoms with Gasteiger partial charge >= 0.3 is 5.97 Å². The summed E-state index contributed by atoms with van der Waals surface area (Å²) in [5, 5.41) is 13.2. The average Bonchev–Trinajstić information content (AvgIpc) is 2.42. The molecule has 0 bridgehead atoms. The highest BCUT2D eigenvalue weighted by Crippen LogP contribution is 2.27. The number of hydrogen-bond acceptors (Lipinski definition) is 5. The van der Waals surface area contributed by atoms with E-state index < -0.39 is 30.3 Å². The van der Waals surface area contributed by atoms with Crippen molar-refractivity contribution in [3.8, 4) is 0 Å². The Morgan fingerprint density at radius 2 is 1.95 bits per heavy atom. The van der Waals surface area contributed by atoms with Gasteiger partial charge in [0, 0.05) is 28.0 Å². The van der Waals surface area contributed by atoms with Crippen LogP contribution in [0.5, 0.6) is 0 Å². The van der Waals surface area contributed by atoms with E-state index in [1.165, 1.54) is 18.2 Å². The predicted molar refractivity (Wildman–Crippen MR) is 73.6 cm³/mol. The number of carbonyl (C=O) groups excluding carboxylic acids is 3. The van der Waals surface area contributed by atoms with Crippen molar-refractivity contribution in [2.45, 2.75) is 18.9 Å². The highest BCUT2D eigenvalue weighted by Gasteiger charge is 2.25. The SMILES string of the molecule is COC(=O)[C@H](NC(=O)CCC(=O)[O-])c1ccc(Cl)cc1Cl. The van der Waals surface area contributed by atoms with Gasteiger partial charge in [-0.05, 0) is 18.6 Å². The van der Waals surface area contributed by atoms with E-state index in [4.69, 9.17) is 23.2 Å². The van der Waals surface area contributed by atoms with E-state index >= 15 is 0 Å². The minimum absolute atomic E-state index is 0.179. The molecule has 6 nitrogen and oxygen atoms in total. The molecule has 0 heterocycles. The summed E-state index contributed by atoms with van der Waals surface area (Å²) < 4.78 is 4.60. The third kappa shape index (κ3) is 5.24. The van der Waals surface area contributed by atoms with E-state index in [9.17, 15) is 19.5 Å². The molecule has 0 unspecified atom stereocenters. The number of methoxy groups -OCH3 is 1. The Morgan fingerprint density at radius 1 is 1.29 bits per heavy atom. The zero-order chi connectivity index (χ0) is 16.0. The normalized spacial score (nSPS) is 11.6. The second-order valence-corrected chi connectivity index (χ2v) is 4.91. The summed E-state index contributed by atoms with van der Waals surface area (Å²) in [6.45, 7) is 0. The zero-order valence-corrected chi connectivity index (χ0v) is 12.5. The van der Waals surface area contributed by atoms with Gasteiger partial charge in [0.25, 0.3) is 0 Å². The lowest BCUT2D eigenvalue weighted by molar-refractivity contribution is -0.305. The second-order valence-electron chi connectivity index (χ2n) is 4.06. The lowest BCUT2D eigenvalue weighted by atomic mass is 10.1. The molecular weight excluding hydrogens is 321 g/mol. The number of aliphatic carboxylic acids is 1. The fourth-order valence-corrected chi connectivity index (χ4v) is 2.08. The summed E-state index contributed by atoms with van der Waals surface area (Å²) in [5.41, 5.74) is 0.301. The topological polar surface area (TPSA) is 95.5 Å². The molecule has 1 rings (SSSR count). The van der Waals surface area contributed by atoms with Crippen LogP contribution in [0.25, 0.3) is 0 Å². The fourth-order valence-electron chi connectivity index (χ4n) is 1.57. The molecule has 1 atom stereocenters. The molecule has 0 aliphatic rings. The van der Waals surface area contributed by atoms with Gasteiger partial charge in [-0.25, -0.2) is 4.79 Å². The maximum atomic E-state index is 11.8. The number of halogens is 2. The Labute approximate surface area is 131 Å². The van der Waals surface area contributed by atoms with E-state index in [1.54, 1.807) is 0 Å². The van der Waals surface area contributed by atoms with Crippen LogP contribution >= 0.6 is 23.2 Å². The van der Waals surface area contributed by atoms with Crippen molar-refractivity contribution in [1.82, 2.24) is 5.32 Å². The molecule has 0 aromatic heterocycles. The van der Waals surface area contributed by atoms with Gasteiger partial charge in [-0.1, -0.05) is 29.3 Å². The Morgan fingerprint density at radius 3 is 2.48 bits per heavy atom. The van der Waals surface area contributed by atoms with Gasteiger partial charge in [0.05, 0.1) is 7.11 Å². The summed E-state index contributed by atoms with van der Waals surface area (Å²) in [5.74, 6) is -2.73. The Kier molecular flexibility index (Phi) is 6.45. The Hall–Kier alpha value is -1.79. The maximum absolute atomic E-state index is 11.8. The highest BCUT2D eigenvalue weighted by atomic mass is 35.5. The Balaban J connectivity index is 2.93. The quantitative estimate of drug-likeness (QED) is 0.779. The minimum atomic E-state index is -1.36. The molecule has 1 N–H and O–H groups in total. The molecule has 21 heavy (non-hydrogen) atoms. The first-order chi connectivity index (χ1) is 9.85. The monoisotopic (exact) mass is 332 g/mol. The number of amides is 1. The van der Waals surface area contributed by atoms with Crippen LogP contribution in [0.3, 0.4) is 0 Å². The van der Waals surface area contributed by atoms with Crippen molar-refractivity contribution in [2.24, 2.45) is 0 Å². The minimum Gasteiger partial charge on any atom is -0.550 e. The fraction of sp³-hybridized carbons (Fsp3) is 0.308. The van der Waals surface area contributed by atoms with Crippen LogP contribution in [-0.4, -0.2) is 25.0 Å². The first-order valence-electron chi connectivity index (χ1n) is 5.87. The maximum Gasteiger partial charge on any atom is 0.333 e. The van der Waals surface area contributed by atoms with E-state index in [0.717, 1.165) is 7.11 Å².